The first-order valence-electron chi connectivity index (χ1n) is 7.59. The molecule has 0 aromatic carbocycles. The molecule has 0 radical (unpaired) electrons. The summed E-state index contributed by atoms with van der Waals surface area (Å²) in [6.45, 7) is 6.08. The second-order valence-electron chi connectivity index (χ2n) is 5.54. The van der Waals surface area contributed by atoms with E-state index in [1.165, 1.54) is 32.1 Å². The summed E-state index contributed by atoms with van der Waals surface area (Å²) in [6.07, 6.45) is 7.58. The van der Waals surface area contributed by atoms with Gasteiger partial charge < -0.3 is 15.1 Å². The van der Waals surface area contributed by atoms with Crippen molar-refractivity contribution in [1.82, 2.24) is 15.5 Å². The molecule has 1 aromatic rings. The molecule has 1 aromatic heterocycles. The minimum Gasteiger partial charge on any atom is -0.407 e. The SMILES string of the molecule is CCCNCc1nnc(NC2CCCCCC2C)o1. The third-order valence-corrected chi connectivity index (χ3v) is 3.84. The first-order chi connectivity index (χ1) is 9.29. The Morgan fingerprint density at radius 3 is 2.89 bits per heavy atom. The topological polar surface area (TPSA) is 63.0 Å². The Bertz CT molecular complexity index is 366. The van der Waals surface area contributed by atoms with Crippen LogP contribution in [0.5, 0.6) is 0 Å². The molecule has 1 saturated carbocycles. The lowest BCUT2D eigenvalue weighted by molar-refractivity contribution is 0.429. The molecule has 108 valence electrons. The molecule has 1 heterocycles. The maximum absolute atomic E-state index is 5.63. The Morgan fingerprint density at radius 1 is 1.21 bits per heavy atom. The van der Waals surface area contributed by atoms with Gasteiger partial charge in [-0.3, -0.25) is 0 Å². The Balaban J connectivity index is 1.84. The average Bonchev–Trinajstić information content (AvgIpc) is 2.75. The third-order valence-electron chi connectivity index (χ3n) is 3.84. The van der Waals surface area contributed by atoms with Crippen LogP contribution in [0.3, 0.4) is 0 Å². The van der Waals surface area contributed by atoms with Gasteiger partial charge in [-0.15, -0.1) is 5.10 Å². The number of nitrogens with one attached hydrogen (secondary N) is 2. The molecule has 2 unspecified atom stereocenters. The lowest BCUT2D eigenvalue weighted by atomic mass is 9.97. The fraction of sp³-hybridized carbons (Fsp3) is 0.857. The van der Waals surface area contributed by atoms with Gasteiger partial charge >= 0.3 is 6.01 Å². The Hall–Kier alpha value is -1.10. The number of nitrogens with zero attached hydrogens (tertiary/aromatic N) is 2. The minimum atomic E-state index is 0.472. The molecule has 0 bridgehead atoms. The molecule has 5 nitrogen and oxygen atoms in total. The molecule has 1 fully saturated rings. The first-order valence-corrected chi connectivity index (χ1v) is 7.59. The standard InChI is InChI=1S/C14H26N4O/c1-3-9-15-10-13-17-18-14(19-13)16-12-8-6-4-5-7-11(12)2/h11-12,15H,3-10H2,1-2H3,(H,16,18). The van der Waals surface area contributed by atoms with Crippen molar-refractivity contribution in [1.29, 1.82) is 0 Å². The van der Waals surface area contributed by atoms with Crippen molar-refractivity contribution in [2.24, 2.45) is 5.92 Å². The normalized spacial score (nSPS) is 24.1. The van der Waals surface area contributed by atoms with Crippen LogP contribution in [0.25, 0.3) is 0 Å². The second-order valence-corrected chi connectivity index (χ2v) is 5.54. The molecule has 1 aliphatic carbocycles. The van der Waals surface area contributed by atoms with Crippen LogP contribution >= 0.6 is 0 Å². The van der Waals surface area contributed by atoms with Gasteiger partial charge in [0.05, 0.1) is 6.54 Å². The van der Waals surface area contributed by atoms with Crippen LogP contribution in [0.1, 0.15) is 58.3 Å². The quantitative estimate of drug-likeness (QED) is 0.612. The van der Waals surface area contributed by atoms with Gasteiger partial charge in [-0.05, 0) is 31.7 Å². The molecule has 2 atom stereocenters. The van der Waals surface area contributed by atoms with E-state index in [4.69, 9.17) is 4.42 Å². The summed E-state index contributed by atoms with van der Waals surface area (Å²) in [5.41, 5.74) is 0. The van der Waals surface area contributed by atoms with Crippen molar-refractivity contribution in [3.63, 3.8) is 0 Å². The maximum Gasteiger partial charge on any atom is 0.315 e. The summed E-state index contributed by atoms with van der Waals surface area (Å²) in [5.74, 6) is 1.34. The van der Waals surface area contributed by atoms with Gasteiger partial charge in [-0.25, -0.2) is 0 Å². The van der Waals surface area contributed by atoms with Crippen molar-refractivity contribution >= 4 is 6.01 Å². The highest BCUT2D eigenvalue weighted by Gasteiger charge is 2.21. The van der Waals surface area contributed by atoms with E-state index in [-0.39, 0.29) is 0 Å². The molecule has 19 heavy (non-hydrogen) atoms. The highest BCUT2D eigenvalue weighted by atomic mass is 16.4. The molecular weight excluding hydrogens is 240 g/mol. The van der Waals surface area contributed by atoms with E-state index in [0.717, 1.165) is 13.0 Å². The molecule has 0 amide bonds. The average molecular weight is 266 g/mol. The van der Waals surface area contributed by atoms with Crippen molar-refractivity contribution in [3.05, 3.63) is 5.89 Å². The predicted molar refractivity (Wildman–Crippen MR) is 76.0 cm³/mol. The van der Waals surface area contributed by atoms with E-state index in [1.54, 1.807) is 0 Å². The zero-order valence-electron chi connectivity index (χ0n) is 12.1. The molecule has 1 aliphatic rings. The fourth-order valence-electron chi connectivity index (χ4n) is 2.62. The van der Waals surface area contributed by atoms with Crippen LogP contribution in [-0.2, 0) is 6.54 Å². The molecule has 0 spiro atoms. The monoisotopic (exact) mass is 266 g/mol. The van der Waals surface area contributed by atoms with E-state index >= 15 is 0 Å². The lowest BCUT2D eigenvalue weighted by Gasteiger charge is -2.21. The van der Waals surface area contributed by atoms with Gasteiger partial charge in [0, 0.05) is 6.04 Å². The molecule has 0 aliphatic heterocycles. The summed E-state index contributed by atoms with van der Waals surface area (Å²) >= 11 is 0. The highest BCUT2D eigenvalue weighted by Crippen LogP contribution is 2.25. The number of hydrogen-bond donors (Lipinski definition) is 2. The molecule has 5 heteroatoms. The summed E-state index contributed by atoms with van der Waals surface area (Å²) in [5, 5.41) is 14.8. The van der Waals surface area contributed by atoms with Crippen LogP contribution in [0.4, 0.5) is 6.01 Å². The van der Waals surface area contributed by atoms with Gasteiger partial charge in [0.2, 0.25) is 5.89 Å². The van der Waals surface area contributed by atoms with Crippen molar-refractivity contribution < 1.29 is 4.42 Å². The predicted octanol–water partition coefficient (Wildman–Crippen LogP) is 2.95. The smallest absolute Gasteiger partial charge is 0.315 e. The summed E-state index contributed by atoms with van der Waals surface area (Å²) < 4.78 is 5.63. The maximum atomic E-state index is 5.63. The van der Waals surface area contributed by atoms with Gasteiger partial charge in [0.1, 0.15) is 0 Å². The zero-order valence-corrected chi connectivity index (χ0v) is 12.1. The third kappa shape index (κ3) is 4.49. The summed E-state index contributed by atoms with van der Waals surface area (Å²) in [4.78, 5) is 0. The molecule has 2 rings (SSSR count). The highest BCUT2D eigenvalue weighted by molar-refractivity contribution is 5.20. The lowest BCUT2D eigenvalue weighted by Crippen LogP contribution is -2.26. The van der Waals surface area contributed by atoms with Crippen LogP contribution < -0.4 is 10.6 Å². The van der Waals surface area contributed by atoms with Gasteiger partial charge in [-0.2, -0.15) is 0 Å². The Kier molecular flexibility index (Phi) is 5.63. The minimum absolute atomic E-state index is 0.472. The van der Waals surface area contributed by atoms with E-state index < -0.39 is 0 Å². The van der Waals surface area contributed by atoms with E-state index in [2.05, 4.69) is 34.7 Å². The largest absolute Gasteiger partial charge is 0.407 e. The van der Waals surface area contributed by atoms with E-state index in [0.29, 0.717) is 30.4 Å². The van der Waals surface area contributed by atoms with E-state index in [9.17, 15) is 0 Å². The van der Waals surface area contributed by atoms with Gasteiger partial charge in [0.25, 0.3) is 0 Å². The van der Waals surface area contributed by atoms with Gasteiger partial charge in [0.15, 0.2) is 0 Å². The van der Waals surface area contributed by atoms with Crippen LogP contribution in [0.2, 0.25) is 0 Å². The Morgan fingerprint density at radius 2 is 2.05 bits per heavy atom. The number of hydrogen-bond acceptors (Lipinski definition) is 5. The second kappa shape index (κ2) is 7.48. The first kappa shape index (κ1) is 14.3. The fourth-order valence-corrected chi connectivity index (χ4v) is 2.62. The van der Waals surface area contributed by atoms with Crippen molar-refractivity contribution in [3.8, 4) is 0 Å². The van der Waals surface area contributed by atoms with Crippen LogP contribution in [-0.4, -0.2) is 22.8 Å². The molecule has 2 N–H and O–H groups in total. The van der Waals surface area contributed by atoms with Gasteiger partial charge in [-0.1, -0.05) is 38.2 Å². The Labute approximate surface area is 115 Å². The number of anilines is 1. The van der Waals surface area contributed by atoms with Crippen LogP contribution in [0.15, 0.2) is 4.42 Å². The summed E-state index contributed by atoms with van der Waals surface area (Å²) in [6, 6.07) is 1.05. The van der Waals surface area contributed by atoms with E-state index in [1.807, 2.05) is 0 Å². The van der Waals surface area contributed by atoms with Crippen molar-refractivity contribution in [2.75, 3.05) is 11.9 Å². The molecular formula is C14H26N4O. The number of rotatable bonds is 6. The van der Waals surface area contributed by atoms with Crippen LogP contribution in [0, 0.1) is 5.92 Å². The van der Waals surface area contributed by atoms with Crippen molar-refractivity contribution in [2.45, 2.75) is 65.0 Å². The number of aromatic nitrogens is 2. The molecule has 0 saturated heterocycles. The summed E-state index contributed by atoms with van der Waals surface area (Å²) in [7, 11) is 0. The zero-order chi connectivity index (χ0) is 13.5.